The van der Waals surface area contributed by atoms with Gasteiger partial charge in [0.2, 0.25) is 0 Å². The number of nitrogens with two attached hydrogens (primary N) is 2. The van der Waals surface area contributed by atoms with Crippen molar-refractivity contribution >= 4 is 5.97 Å². The maximum Gasteiger partial charge on any atom is 0.341 e. The molecule has 0 aromatic heterocycles. The quantitative estimate of drug-likeness (QED) is 0.439. The zero-order chi connectivity index (χ0) is 16.2. The van der Waals surface area contributed by atoms with Crippen LogP contribution in [0, 0.1) is 11.7 Å². The Kier molecular flexibility index (Phi) is 5.32. The van der Waals surface area contributed by atoms with Crippen LogP contribution in [-0.2, 0) is 9.53 Å². The van der Waals surface area contributed by atoms with Gasteiger partial charge in [0.05, 0.1) is 0 Å². The molecule has 4 N–H and O–H groups in total. The van der Waals surface area contributed by atoms with Gasteiger partial charge < -0.3 is 16.2 Å². The van der Waals surface area contributed by atoms with Crippen molar-refractivity contribution in [1.29, 1.82) is 0 Å². The maximum absolute atomic E-state index is 12.9. The Morgan fingerprint density at radius 3 is 2.73 bits per heavy atom. The van der Waals surface area contributed by atoms with Gasteiger partial charge in [0.1, 0.15) is 12.4 Å². The molecule has 0 spiro atoms. The molecule has 0 saturated heterocycles. The molecule has 1 saturated carbocycles. The summed E-state index contributed by atoms with van der Waals surface area (Å²) in [5.74, 6) is 0.233. The molecule has 22 heavy (non-hydrogen) atoms. The van der Waals surface area contributed by atoms with Crippen LogP contribution in [0.25, 0.3) is 0 Å². The Bertz CT molecular complexity index is 528. The lowest BCUT2D eigenvalue weighted by Gasteiger charge is -2.21. The fourth-order valence-electron chi connectivity index (χ4n) is 2.71. The van der Waals surface area contributed by atoms with E-state index >= 15 is 0 Å². The zero-order valence-corrected chi connectivity index (χ0v) is 12.6. The Morgan fingerprint density at radius 1 is 1.41 bits per heavy atom. The Labute approximate surface area is 130 Å². The minimum Gasteiger partial charge on any atom is -0.459 e. The number of rotatable bonds is 8. The molecule has 1 aliphatic carbocycles. The highest BCUT2D eigenvalue weighted by molar-refractivity contribution is 5.79. The SMILES string of the molecule is C=CCOC(=O)C(N)(N)CCC[C@@H]1C[C@@H]1c1ccc(F)cc1. The smallest absolute Gasteiger partial charge is 0.341 e. The van der Waals surface area contributed by atoms with Crippen molar-refractivity contribution in [3.05, 3.63) is 48.3 Å². The Morgan fingerprint density at radius 2 is 2.09 bits per heavy atom. The monoisotopic (exact) mass is 306 g/mol. The average molecular weight is 306 g/mol. The van der Waals surface area contributed by atoms with Crippen LogP contribution in [-0.4, -0.2) is 18.2 Å². The molecule has 0 aliphatic heterocycles. The minimum absolute atomic E-state index is 0.115. The highest BCUT2D eigenvalue weighted by Gasteiger charge is 2.38. The van der Waals surface area contributed by atoms with Crippen LogP contribution < -0.4 is 11.5 Å². The van der Waals surface area contributed by atoms with E-state index in [9.17, 15) is 9.18 Å². The van der Waals surface area contributed by atoms with E-state index in [-0.39, 0.29) is 12.4 Å². The number of hydrogen-bond acceptors (Lipinski definition) is 4. The first-order chi connectivity index (χ1) is 10.4. The molecule has 1 aliphatic rings. The lowest BCUT2D eigenvalue weighted by molar-refractivity contribution is -0.149. The van der Waals surface area contributed by atoms with Crippen LogP contribution in [0.1, 0.15) is 37.2 Å². The lowest BCUT2D eigenvalue weighted by Crippen LogP contribution is -2.57. The molecule has 0 bridgehead atoms. The molecule has 1 aromatic carbocycles. The highest BCUT2D eigenvalue weighted by atomic mass is 19.1. The fourth-order valence-corrected chi connectivity index (χ4v) is 2.71. The van der Waals surface area contributed by atoms with Crippen molar-refractivity contribution in [3.63, 3.8) is 0 Å². The molecular weight excluding hydrogens is 283 g/mol. The largest absolute Gasteiger partial charge is 0.459 e. The zero-order valence-electron chi connectivity index (χ0n) is 12.6. The third-order valence-electron chi connectivity index (χ3n) is 4.10. The topological polar surface area (TPSA) is 78.3 Å². The van der Waals surface area contributed by atoms with E-state index in [2.05, 4.69) is 6.58 Å². The van der Waals surface area contributed by atoms with E-state index < -0.39 is 11.6 Å². The predicted molar refractivity (Wildman–Crippen MR) is 83.4 cm³/mol. The van der Waals surface area contributed by atoms with Crippen molar-refractivity contribution in [2.45, 2.75) is 37.3 Å². The Balaban J connectivity index is 1.72. The molecular formula is C17H23FN2O2. The van der Waals surface area contributed by atoms with Crippen molar-refractivity contribution in [1.82, 2.24) is 0 Å². The van der Waals surface area contributed by atoms with Gasteiger partial charge in [-0.3, -0.25) is 0 Å². The number of carbonyl (C=O) groups is 1. The number of hydrogen-bond donors (Lipinski definition) is 2. The summed E-state index contributed by atoms with van der Waals surface area (Å²) < 4.78 is 17.8. The average Bonchev–Trinajstić information content (AvgIpc) is 3.24. The maximum atomic E-state index is 12.9. The lowest BCUT2D eigenvalue weighted by atomic mass is 10.0. The number of benzene rings is 1. The minimum atomic E-state index is -1.44. The first-order valence-corrected chi connectivity index (χ1v) is 7.55. The first-order valence-electron chi connectivity index (χ1n) is 7.55. The van der Waals surface area contributed by atoms with Gasteiger partial charge in [-0.15, -0.1) is 0 Å². The predicted octanol–water partition coefficient (Wildman–Crippen LogP) is 2.44. The number of carbonyl (C=O) groups excluding carboxylic acids is 1. The van der Waals surface area contributed by atoms with Gasteiger partial charge in [-0.25, -0.2) is 9.18 Å². The fraction of sp³-hybridized carbons (Fsp3) is 0.471. The number of ether oxygens (including phenoxy) is 1. The molecule has 2 atom stereocenters. The molecule has 1 fully saturated rings. The van der Waals surface area contributed by atoms with Gasteiger partial charge >= 0.3 is 5.97 Å². The second-order valence-corrected chi connectivity index (χ2v) is 5.97. The summed E-state index contributed by atoms with van der Waals surface area (Å²) in [4.78, 5) is 11.7. The third-order valence-corrected chi connectivity index (χ3v) is 4.10. The van der Waals surface area contributed by atoms with E-state index in [1.54, 1.807) is 0 Å². The van der Waals surface area contributed by atoms with Crippen molar-refractivity contribution in [3.8, 4) is 0 Å². The van der Waals surface area contributed by atoms with Crippen molar-refractivity contribution in [2.75, 3.05) is 6.61 Å². The van der Waals surface area contributed by atoms with Crippen LogP contribution in [0.3, 0.4) is 0 Å². The summed E-state index contributed by atoms with van der Waals surface area (Å²) in [6.45, 7) is 3.58. The van der Waals surface area contributed by atoms with E-state index in [0.717, 1.165) is 19.3 Å². The van der Waals surface area contributed by atoms with Crippen LogP contribution in [0.5, 0.6) is 0 Å². The van der Waals surface area contributed by atoms with Crippen molar-refractivity contribution in [2.24, 2.45) is 17.4 Å². The second-order valence-electron chi connectivity index (χ2n) is 5.97. The van der Waals surface area contributed by atoms with E-state index in [1.807, 2.05) is 12.1 Å². The third kappa shape index (κ3) is 4.39. The standard InChI is InChI=1S/C17H23FN2O2/c1-2-10-22-16(21)17(19,20)9-3-4-13-11-15(13)12-5-7-14(18)8-6-12/h2,5-8,13,15H,1,3-4,9-11,19-20H2/t13-,15-/m1/s1. The van der Waals surface area contributed by atoms with E-state index in [4.69, 9.17) is 16.2 Å². The molecule has 0 amide bonds. The van der Waals surface area contributed by atoms with Gasteiger partial charge in [0, 0.05) is 0 Å². The van der Waals surface area contributed by atoms with E-state index in [1.165, 1.54) is 23.8 Å². The van der Waals surface area contributed by atoms with Gasteiger partial charge in [0.25, 0.3) is 0 Å². The summed E-state index contributed by atoms with van der Waals surface area (Å²) in [7, 11) is 0. The Hall–Kier alpha value is -1.72. The van der Waals surface area contributed by atoms with Gasteiger partial charge in [-0.1, -0.05) is 24.8 Å². The van der Waals surface area contributed by atoms with Crippen LogP contribution in [0.15, 0.2) is 36.9 Å². The van der Waals surface area contributed by atoms with E-state index in [0.29, 0.717) is 18.3 Å². The summed E-state index contributed by atoms with van der Waals surface area (Å²) in [6.07, 6.45) is 4.67. The molecule has 1 aromatic rings. The van der Waals surface area contributed by atoms with Crippen molar-refractivity contribution < 1.29 is 13.9 Å². The normalized spacial score (nSPS) is 20.5. The van der Waals surface area contributed by atoms with Gasteiger partial charge in [-0.05, 0) is 55.2 Å². The molecule has 0 unspecified atom stereocenters. The summed E-state index contributed by atoms with van der Waals surface area (Å²) in [5.41, 5.74) is 11.3. The molecule has 4 nitrogen and oxygen atoms in total. The summed E-state index contributed by atoms with van der Waals surface area (Å²) >= 11 is 0. The molecule has 0 radical (unpaired) electrons. The number of esters is 1. The van der Waals surface area contributed by atoms with Crippen LogP contribution in [0.4, 0.5) is 4.39 Å². The number of halogens is 1. The summed E-state index contributed by atoms with van der Waals surface area (Å²) in [6, 6.07) is 6.65. The second kappa shape index (κ2) is 7.03. The molecule has 5 heteroatoms. The van der Waals surface area contributed by atoms with Gasteiger partial charge in [0.15, 0.2) is 5.66 Å². The molecule has 120 valence electrons. The van der Waals surface area contributed by atoms with Gasteiger partial charge in [-0.2, -0.15) is 0 Å². The van der Waals surface area contributed by atoms with Crippen LogP contribution >= 0.6 is 0 Å². The van der Waals surface area contributed by atoms with Crippen LogP contribution in [0.2, 0.25) is 0 Å². The summed E-state index contributed by atoms with van der Waals surface area (Å²) in [5, 5.41) is 0. The molecule has 2 rings (SSSR count). The highest BCUT2D eigenvalue weighted by Crippen LogP contribution is 2.50. The first kappa shape index (κ1) is 16.6. The molecule has 0 heterocycles.